The Balaban J connectivity index is 1.92. The Morgan fingerprint density at radius 2 is 2.12 bits per heavy atom. The minimum Gasteiger partial charge on any atom is -0.480 e. The van der Waals surface area contributed by atoms with Crippen LogP contribution in [0.5, 0.6) is 0 Å². The largest absolute Gasteiger partial charge is 0.480 e. The second-order valence-electron chi connectivity index (χ2n) is 4.23. The van der Waals surface area contributed by atoms with Crippen LogP contribution in [-0.2, 0) is 11.2 Å². The number of carboxylic acids is 1. The number of hydrogen-bond donors (Lipinski definition) is 2. The zero-order chi connectivity index (χ0) is 11.5. The van der Waals surface area contributed by atoms with Crippen LogP contribution >= 0.6 is 15.9 Å². The van der Waals surface area contributed by atoms with E-state index in [1.807, 2.05) is 12.1 Å². The summed E-state index contributed by atoms with van der Waals surface area (Å²) in [5.74, 6) is -0.305. The van der Waals surface area contributed by atoms with E-state index in [-0.39, 0.29) is 6.04 Å². The standard InChI is InChI=1S/C12H14BrNO2/c13-10-3-1-8(2-4-10)5-9-6-11(12(15)16)14-7-9/h1-4,9,11,14H,5-7H2,(H,15,16)/t9?,11-/m0/s1. The minimum absolute atomic E-state index is 0.361. The van der Waals surface area contributed by atoms with Crippen molar-refractivity contribution < 1.29 is 9.90 Å². The van der Waals surface area contributed by atoms with Gasteiger partial charge in [-0.25, -0.2) is 0 Å². The molecule has 1 saturated heterocycles. The molecule has 0 radical (unpaired) electrons. The van der Waals surface area contributed by atoms with E-state index in [0.717, 1.165) is 23.9 Å². The molecule has 1 unspecified atom stereocenters. The maximum absolute atomic E-state index is 10.8. The van der Waals surface area contributed by atoms with E-state index >= 15 is 0 Å². The van der Waals surface area contributed by atoms with Crippen molar-refractivity contribution in [2.45, 2.75) is 18.9 Å². The zero-order valence-corrected chi connectivity index (χ0v) is 10.4. The van der Waals surface area contributed by atoms with Crippen molar-refractivity contribution in [3.05, 3.63) is 34.3 Å². The van der Waals surface area contributed by atoms with Crippen molar-refractivity contribution in [2.24, 2.45) is 5.92 Å². The number of benzene rings is 1. The molecule has 1 aromatic rings. The van der Waals surface area contributed by atoms with Crippen LogP contribution in [0, 0.1) is 5.92 Å². The molecule has 2 N–H and O–H groups in total. The number of halogens is 1. The van der Waals surface area contributed by atoms with Gasteiger partial charge in [0.25, 0.3) is 0 Å². The minimum atomic E-state index is -0.738. The lowest BCUT2D eigenvalue weighted by molar-refractivity contribution is -0.139. The quantitative estimate of drug-likeness (QED) is 0.893. The van der Waals surface area contributed by atoms with E-state index < -0.39 is 5.97 Å². The van der Waals surface area contributed by atoms with Crippen molar-refractivity contribution in [3.63, 3.8) is 0 Å². The lowest BCUT2D eigenvalue weighted by Gasteiger charge is -2.08. The molecule has 0 aliphatic carbocycles. The second kappa shape index (κ2) is 4.97. The Morgan fingerprint density at radius 1 is 1.44 bits per heavy atom. The van der Waals surface area contributed by atoms with E-state index in [1.165, 1.54) is 5.56 Å². The van der Waals surface area contributed by atoms with Crippen molar-refractivity contribution in [3.8, 4) is 0 Å². The van der Waals surface area contributed by atoms with E-state index in [4.69, 9.17) is 5.11 Å². The van der Waals surface area contributed by atoms with Crippen LogP contribution in [0.2, 0.25) is 0 Å². The fraction of sp³-hybridized carbons (Fsp3) is 0.417. The molecule has 0 amide bonds. The molecule has 0 bridgehead atoms. The molecule has 1 heterocycles. The molecule has 1 fully saturated rings. The van der Waals surface area contributed by atoms with E-state index in [9.17, 15) is 4.79 Å². The first-order chi connectivity index (χ1) is 7.65. The summed E-state index contributed by atoms with van der Waals surface area (Å²) in [6.45, 7) is 0.799. The normalized spacial score (nSPS) is 24.6. The monoisotopic (exact) mass is 283 g/mol. The van der Waals surface area contributed by atoms with Gasteiger partial charge in [-0.3, -0.25) is 4.79 Å². The lowest BCUT2D eigenvalue weighted by atomic mass is 9.97. The Labute approximate surface area is 103 Å². The molecule has 16 heavy (non-hydrogen) atoms. The number of carbonyl (C=O) groups is 1. The van der Waals surface area contributed by atoms with Gasteiger partial charge in [-0.15, -0.1) is 0 Å². The van der Waals surface area contributed by atoms with E-state index in [1.54, 1.807) is 0 Å². The molecule has 0 spiro atoms. The third-order valence-corrected chi connectivity index (χ3v) is 3.49. The second-order valence-corrected chi connectivity index (χ2v) is 5.15. The smallest absolute Gasteiger partial charge is 0.320 e. The van der Waals surface area contributed by atoms with Gasteiger partial charge in [0, 0.05) is 4.47 Å². The maximum atomic E-state index is 10.8. The van der Waals surface area contributed by atoms with Crippen molar-refractivity contribution in [2.75, 3.05) is 6.54 Å². The predicted molar refractivity (Wildman–Crippen MR) is 65.4 cm³/mol. The molecule has 86 valence electrons. The van der Waals surface area contributed by atoms with Crippen molar-refractivity contribution in [1.82, 2.24) is 5.32 Å². The molecule has 2 atom stereocenters. The summed E-state index contributed by atoms with van der Waals surface area (Å²) < 4.78 is 1.07. The third-order valence-electron chi connectivity index (χ3n) is 2.96. The van der Waals surface area contributed by atoms with Crippen LogP contribution in [-0.4, -0.2) is 23.7 Å². The van der Waals surface area contributed by atoms with Crippen LogP contribution in [0.25, 0.3) is 0 Å². The summed E-state index contributed by atoms with van der Waals surface area (Å²) in [6, 6.07) is 7.84. The highest BCUT2D eigenvalue weighted by Crippen LogP contribution is 2.20. The van der Waals surface area contributed by atoms with Gasteiger partial charge in [0.05, 0.1) is 0 Å². The average Bonchev–Trinajstić information content (AvgIpc) is 2.70. The first-order valence-electron chi connectivity index (χ1n) is 5.36. The highest BCUT2D eigenvalue weighted by atomic mass is 79.9. The number of aliphatic carboxylic acids is 1. The molecule has 2 rings (SSSR count). The molecule has 4 heteroatoms. The van der Waals surface area contributed by atoms with Crippen LogP contribution in [0.4, 0.5) is 0 Å². The van der Waals surface area contributed by atoms with Crippen LogP contribution in [0.1, 0.15) is 12.0 Å². The fourth-order valence-electron chi connectivity index (χ4n) is 2.11. The molecule has 1 aromatic carbocycles. The molecule has 1 aliphatic heterocycles. The molecule has 1 aliphatic rings. The topological polar surface area (TPSA) is 49.3 Å². The summed E-state index contributed by atoms with van der Waals surface area (Å²) in [5.41, 5.74) is 1.26. The van der Waals surface area contributed by atoms with Crippen LogP contribution < -0.4 is 5.32 Å². The van der Waals surface area contributed by atoms with Gasteiger partial charge in [0.2, 0.25) is 0 Å². The van der Waals surface area contributed by atoms with Gasteiger partial charge in [-0.1, -0.05) is 28.1 Å². The van der Waals surface area contributed by atoms with Crippen molar-refractivity contribution in [1.29, 1.82) is 0 Å². The molecule has 0 aromatic heterocycles. The van der Waals surface area contributed by atoms with Gasteiger partial charge in [0.15, 0.2) is 0 Å². The highest BCUT2D eigenvalue weighted by Gasteiger charge is 2.28. The zero-order valence-electron chi connectivity index (χ0n) is 8.82. The number of carboxylic acid groups (broad SMARTS) is 1. The number of nitrogens with one attached hydrogen (secondary N) is 1. The predicted octanol–water partition coefficient (Wildman–Crippen LogP) is 2.05. The fourth-order valence-corrected chi connectivity index (χ4v) is 2.37. The Kier molecular flexibility index (Phi) is 3.61. The summed E-state index contributed by atoms with van der Waals surface area (Å²) >= 11 is 3.40. The van der Waals surface area contributed by atoms with Gasteiger partial charge >= 0.3 is 5.97 Å². The van der Waals surface area contributed by atoms with Crippen LogP contribution in [0.3, 0.4) is 0 Å². The molecule has 0 saturated carbocycles. The van der Waals surface area contributed by atoms with Gasteiger partial charge < -0.3 is 10.4 Å². The van der Waals surface area contributed by atoms with Gasteiger partial charge in [-0.05, 0) is 43.0 Å². The number of hydrogen-bond acceptors (Lipinski definition) is 2. The number of rotatable bonds is 3. The molecule has 3 nitrogen and oxygen atoms in total. The average molecular weight is 284 g/mol. The van der Waals surface area contributed by atoms with E-state index in [2.05, 4.69) is 33.4 Å². The van der Waals surface area contributed by atoms with Crippen LogP contribution in [0.15, 0.2) is 28.7 Å². The maximum Gasteiger partial charge on any atom is 0.320 e. The SMILES string of the molecule is O=C(O)[C@@H]1CC(Cc2ccc(Br)cc2)CN1. The highest BCUT2D eigenvalue weighted by molar-refractivity contribution is 9.10. The van der Waals surface area contributed by atoms with Gasteiger partial charge in [0.1, 0.15) is 6.04 Å². The third kappa shape index (κ3) is 2.83. The first kappa shape index (κ1) is 11.6. The summed E-state index contributed by atoms with van der Waals surface area (Å²) in [6.07, 6.45) is 1.68. The Bertz CT molecular complexity index is 377. The summed E-state index contributed by atoms with van der Waals surface area (Å²) in [4.78, 5) is 10.8. The molecular weight excluding hydrogens is 270 g/mol. The van der Waals surface area contributed by atoms with E-state index in [0.29, 0.717) is 5.92 Å². The Morgan fingerprint density at radius 3 is 2.69 bits per heavy atom. The lowest BCUT2D eigenvalue weighted by Crippen LogP contribution is -2.29. The Hall–Kier alpha value is -0.870. The first-order valence-corrected chi connectivity index (χ1v) is 6.15. The van der Waals surface area contributed by atoms with Gasteiger partial charge in [-0.2, -0.15) is 0 Å². The molecular formula is C12H14BrNO2. The summed E-state index contributed by atoms with van der Waals surface area (Å²) in [7, 11) is 0. The van der Waals surface area contributed by atoms with Crippen molar-refractivity contribution >= 4 is 21.9 Å². The summed E-state index contributed by atoms with van der Waals surface area (Å²) in [5, 5.41) is 11.9.